The van der Waals surface area contributed by atoms with E-state index < -0.39 is 5.25 Å². The Hall–Kier alpha value is -2.83. The third-order valence-electron chi connectivity index (χ3n) is 5.27. The third-order valence-corrected chi connectivity index (χ3v) is 7.53. The molecule has 9 heteroatoms. The molecule has 7 nitrogen and oxygen atoms in total. The number of carbonyl (C=O) groups excluding carboxylic acids is 1. The lowest BCUT2D eigenvalue weighted by atomic mass is 10.1. The fourth-order valence-corrected chi connectivity index (χ4v) is 5.70. The monoisotopic (exact) mass is 453 g/mol. The Kier molecular flexibility index (Phi) is 6.59. The lowest BCUT2D eigenvalue weighted by Crippen LogP contribution is -2.22. The maximum Gasteiger partial charge on any atom is 0.238 e. The second-order valence-corrected chi connectivity index (χ2v) is 9.73. The Morgan fingerprint density at radius 1 is 1.35 bits per heavy atom. The van der Waals surface area contributed by atoms with E-state index >= 15 is 0 Å². The van der Waals surface area contributed by atoms with Gasteiger partial charge in [0.15, 0.2) is 5.16 Å². The molecule has 4 rings (SSSR count). The van der Waals surface area contributed by atoms with E-state index in [0.29, 0.717) is 15.7 Å². The molecule has 1 atom stereocenters. The first-order valence-electron chi connectivity index (χ1n) is 10.2. The number of thiophene rings is 1. The standard InChI is InChI=1S/C22H23N5O2S2/c1-14(30-22-26-24-13-27(22)15-7-6-8-16(11-15)29-2)20(28)25-21-18(12-23)17-9-4-3-5-10-19(17)31-21/h6-8,11,13-14H,3-5,9-10H2,1-2H3,(H,25,28)/t14-/m0/s1. The predicted molar refractivity (Wildman–Crippen MR) is 122 cm³/mol. The van der Waals surface area contributed by atoms with E-state index in [1.165, 1.54) is 23.1 Å². The summed E-state index contributed by atoms with van der Waals surface area (Å²) in [6, 6.07) is 9.89. The molecular formula is C22H23N5O2S2. The first kappa shape index (κ1) is 21.4. The Labute approximate surface area is 189 Å². The van der Waals surface area contributed by atoms with Crippen LogP contribution < -0.4 is 10.1 Å². The molecule has 0 saturated heterocycles. The number of methoxy groups -OCH3 is 1. The number of thioether (sulfide) groups is 1. The summed E-state index contributed by atoms with van der Waals surface area (Å²) < 4.78 is 7.12. The van der Waals surface area contributed by atoms with Gasteiger partial charge in [0.1, 0.15) is 23.1 Å². The number of fused-ring (bicyclic) bond motifs is 1. The van der Waals surface area contributed by atoms with Gasteiger partial charge in [-0.15, -0.1) is 21.5 Å². The fraction of sp³-hybridized carbons (Fsp3) is 0.364. The topological polar surface area (TPSA) is 92.8 Å². The van der Waals surface area contributed by atoms with Crippen LogP contribution in [0.15, 0.2) is 35.7 Å². The number of nitrogens with zero attached hydrogens (tertiary/aromatic N) is 4. The summed E-state index contributed by atoms with van der Waals surface area (Å²) in [5.74, 6) is 0.576. The van der Waals surface area contributed by atoms with Crippen molar-refractivity contribution in [2.24, 2.45) is 0 Å². The highest BCUT2D eigenvalue weighted by atomic mass is 32.2. The largest absolute Gasteiger partial charge is 0.497 e. The zero-order valence-corrected chi connectivity index (χ0v) is 19.1. The van der Waals surface area contributed by atoms with Gasteiger partial charge in [-0.2, -0.15) is 5.26 Å². The van der Waals surface area contributed by atoms with Crippen LogP contribution in [0.4, 0.5) is 5.00 Å². The molecule has 0 fully saturated rings. The van der Waals surface area contributed by atoms with Crippen LogP contribution in [0.1, 0.15) is 42.2 Å². The van der Waals surface area contributed by atoms with Crippen molar-refractivity contribution < 1.29 is 9.53 Å². The summed E-state index contributed by atoms with van der Waals surface area (Å²) in [6.07, 6.45) is 6.94. The molecule has 1 amide bonds. The predicted octanol–water partition coefficient (Wildman–Crippen LogP) is 4.60. The zero-order chi connectivity index (χ0) is 21.8. The number of carbonyl (C=O) groups is 1. The summed E-state index contributed by atoms with van der Waals surface area (Å²) in [4.78, 5) is 14.2. The van der Waals surface area contributed by atoms with E-state index in [1.807, 2.05) is 35.8 Å². The van der Waals surface area contributed by atoms with Crippen LogP contribution in [0, 0.1) is 11.3 Å². The fourth-order valence-electron chi connectivity index (χ4n) is 3.62. The van der Waals surface area contributed by atoms with E-state index in [-0.39, 0.29) is 5.91 Å². The highest BCUT2D eigenvalue weighted by Crippen LogP contribution is 2.37. The quantitative estimate of drug-likeness (QED) is 0.433. The van der Waals surface area contributed by atoms with Crippen molar-refractivity contribution in [1.82, 2.24) is 14.8 Å². The summed E-state index contributed by atoms with van der Waals surface area (Å²) in [5.41, 5.74) is 2.61. The van der Waals surface area contributed by atoms with Gasteiger partial charge in [-0.3, -0.25) is 9.36 Å². The number of nitriles is 1. The summed E-state index contributed by atoms with van der Waals surface area (Å²) in [6.45, 7) is 1.83. The maximum absolute atomic E-state index is 12.9. The lowest BCUT2D eigenvalue weighted by Gasteiger charge is -2.12. The van der Waals surface area contributed by atoms with Crippen molar-refractivity contribution in [2.45, 2.75) is 49.4 Å². The van der Waals surface area contributed by atoms with Gasteiger partial charge >= 0.3 is 0 Å². The van der Waals surface area contributed by atoms with Gasteiger partial charge in [-0.25, -0.2) is 0 Å². The molecule has 3 aromatic rings. The SMILES string of the molecule is COc1cccc(-n2cnnc2S[C@@H](C)C(=O)Nc2sc3c(c2C#N)CCCCC3)c1. The van der Waals surface area contributed by atoms with Gasteiger partial charge < -0.3 is 10.1 Å². The number of hydrogen-bond donors (Lipinski definition) is 1. The molecular weight excluding hydrogens is 430 g/mol. The molecule has 2 heterocycles. The summed E-state index contributed by atoms with van der Waals surface area (Å²) in [5, 5.41) is 21.7. The molecule has 1 aromatic carbocycles. The first-order chi connectivity index (χ1) is 15.1. The van der Waals surface area contributed by atoms with E-state index in [1.54, 1.807) is 24.8 Å². The molecule has 160 valence electrons. The van der Waals surface area contributed by atoms with E-state index in [4.69, 9.17) is 4.74 Å². The van der Waals surface area contributed by atoms with Crippen molar-refractivity contribution in [1.29, 1.82) is 5.26 Å². The molecule has 31 heavy (non-hydrogen) atoms. The minimum Gasteiger partial charge on any atom is -0.497 e. The van der Waals surface area contributed by atoms with Crippen LogP contribution in [0.3, 0.4) is 0 Å². The Morgan fingerprint density at radius 3 is 3.00 bits per heavy atom. The van der Waals surface area contributed by atoms with Gasteiger partial charge in [0, 0.05) is 10.9 Å². The van der Waals surface area contributed by atoms with Crippen LogP contribution in [0.5, 0.6) is 5.75 Å². The number of nitrogens with one attached hydrogen (secondary N) is 1. The Bertz CT molecular complexity index is 1130. The molecule has 1 aliphatic carbocycles. The number of ether oxygens (including phenoxy) is 1. The Morgan fingerprint density at radius 2 is 2.19 bits per heavy atom. The van der Waals surface area contributed by atoms with Gasteiger partial charge in [0.05, 0.1) is 23.6 Å². The van der Waals surface area contributed by atoms with E-state index in [2.05, 4.69) is 21.6 Å². The number of aromatic nitrogens is 3. The number of aryl methyl sites for hydroxylation is 1. The van der Waals surface area contributed by atoms with E-state index in [9.17, 15) is 10.1 Å². The molecule has 0 spiro atoms. The second-order valence-electron chi connectivity index (χ2n) is 7.31. The van der Waals surface area contributed by atoms with Gasteiger partial charge in [-0.1, -0.05) is 24.2 Å². The average molecular weight is 454 g/mol. The van der Waals surface area contributed by atoms with Crippen molar-refractivity contribution >= 4 is 34.0 Å². The van der Waals surface area contributed by atoms with E-state index in [0.717, 1.165) is 42.7 Å². The highest BCUT2D eigenvalue weighted by molar-refractivity contribution is 8.00. The van der Waals surface area contributed by atoms with Crippen LogP contribution in [-0.2, 0) is 17.6 Å². The van der Waals surface area contributed by atoms with Gasteiger partial charge in [0.2, 0.25) is 5.91 Å². The first-order valence-corrected chi connectivity index (χ1v) is 11.9. The zero-order valence-electron chi connectivity index (χ0n) is 17.4. The number of hydrogen-bond acceptors (Lipinski definition) is 7. The third kappa shape index (κ3) is 4.60. The van der Waals surface area contributed by atoms with Crippen molar-refractivity contribution in [3.05, 3.63) is 46.6 Å². The van der Waals surface area contributed by atoms with Crippen molar-refractivity contribution in [2.75, 3.05) is 12.4 Å². The smallest absolute Gasteiger partial charge is 0.238 e. The minimum atomic E-state index is -0.415. The number of rotatable bonds is 6. The number of benzene rings is 1. The van der Waals surface area contributed by atoms with Crippen LogP contribution >= 0.6 is 23.1 Å². The molecule has 0 saturated carbocycles. The van der Waals surface area contributed by atoms with Gasteiger partial charge in [-0.05, 0) is 50.3 Å². The van der Waals surface area contributed by atoms with Crippen LogP contribution in [0.25, 0.3) is 5.69 Å². The van der Waals surface area contributed by atoms with Crippen molar-refractivity contribution in [3.8, 4) is 17.5 Å². The molecule has 1 N–H and O–H groups in total. The summed E-state index contributed by atoms with van der Waals surface area (Å²) >= 11 is 2.87. The molecule has 2 aromatic heterocycles. The molecule has 0 radical (unpaired) electrons. The summed E-state index contributed by atoms with van der Waals surface area (Å²) in [7, 11) is 1.62. The van der Waals surface area contributed by atoms with Crippen LogP contribution in [0.2, 0.25) is 0 Å². The maximum atomic E-state index is 12.9. The van der Waals surface area contributed by atoms with Crippen molar-refractivity contribution in [3.63, 3.8) is 0 Å². The molecule has 0 aliphatic heterocycles. The second kappa shape index (κ2) is 9.54. The molecule has 0 bridgehead atoms. The lowest BCUT2D eigenvalue weighted by molar-refractivity contribution is -0.115. The normalized spacial score (nSPS) is 14.2. The molecule has 1 aliphatic rings. The van der Waals surface area contributed by atoms with Gasteiger partial charge in [0.25, 0.3) is 0 Å². The minimum absolute atomic E-state index is 0.155. The average Bonchev–Trinajstić information content (AvgIpc) is 3.30. The molecule has 0 unspecified atom stereocenters. The van der Waals surface area contributed by atoms with Crippen LogP contribution in [-0.4, -0.2) is 33.0 Å². The highest BCUT2D eigenvalue weighted by Gasteiger charge is 2.24. The number of anilines is 1. The number of amides is 1. The Balaban J connectivity index is 1.50.